The van der Waals surface area contributed by atoms with Gasteiger partial charge in [0.1, 0.15) is 0 Å². The van der Waals surface area contributed by atoms with Crippen molar-refractivity contribution in [2.45, 2.75) is 63.5 Å². The lowest BCUT2D eigenvalue weighted by Crippen LogP contribution is -2.50. The van der Waals surface area contributed by atoms with Gasteiger partial charge in [-0.05, 0) is 32.6 Å². The van der Waals surface area contributed by atoms with E-state index in [2.05, 4.69) is 13.5 Å². The fourth-order valence-corrected chi connectivity index (χ4v) is 2.54. The molecule has 0 radical (unpaired) electrons. The minimum absolute atomic E-state index is 0.0479. The molecule has 1 atom stereocenters. The lowest BCUT2D eigenvalue weighted by Gasteiger charge is -2.41. The van der Waals surface area contributed by atoms with Gasteiger partial charge in [0.15, 0.2) is 0 Å². The van der Waals surface area contributed by atoms with Gasteiger partial charge in [-0.25, -0.2) is 0 Å². The zero-order valence-corrected chi connectivity index (χ0v) is 10.2. The molecule has 1 aliphatic carbocycles. The van der Waals surface area contributed by atoms with Crippen molar-refractivity contribution in [2.24, 2.45) is 5.73 Å². The maximum atomic E-state index is 6.28. The predicted octanol–water partition coefficient (Wildman–Crippen LogP) is 3.02. The van der Waals surface area contributed by atoms with Crippen LogP contribution < -0.4 is 5.73 Å². The summed E-state index contributed by atoms with van der Waals surface area (Å²) in [6, 6.07) is 0.166. The van der Waals surface area contributed by atoms with Gasteiger partial charge in [-0.15, -0.1) is 6.58 Å². The first-order valence-electron chi connectivity index (χ1n) is 6.06. The number of allylic oxidation sites excluding steroid dienone is 1. The van der Waals surface area contributed by atoms with E-state index in [0.717, 1.165) is 25.7 Å². The molecule has 0 aromatic carbocycles. The molecule has 0 spiro atoms. The summed E-state index contributed by atoms with van der Waals surface area (Å²) in [7, 11) is 1.81. The molecule has 0 heterocycles. The van der Waals surface area contributed by atoms with Crippen LogP contribution in [0.3, 0.4) is 0 Å². The Hall–Kier alpha value is -0.340. The summed E-state index contributed by atoms with van der Waals surface area (Å²) >= 11 is 0. The Morgan fingerprint density at radius 3 is 2.47 bits per heavy atom. The molecule has 0 aliphatic heterocycles. The van der Waals surface area contributed by atoms with Gasteiger partial charge in [-0.3, -0.25) is 0 Å². The molecule has 0 bridgehead atoms. The van der Waals surface area contributed by atoms with Gasteiger partial charge in [0.25, 0.3) is 0 Å². The highest BCUT2D eigenvalue weighted by Gasteiger charge is 2.37. The second-order valence-corrected chi connectivity index (χ2v) is 4.93. The third-order valence-electron chi connectivity index (χ3n) is 3.66. The average molecular weight is 211 g/mol. The molecule has 15 heavy (non-hydrogen) atoms. The van der Waals surface area contributed by atoms with E-state index in [1.54, 1.807) is 0 Å². The maximum Gasteiger partial charge on any atom is 0.0828 e. The fourth-order valence-electron chi connectivity index (χ4n) is 2.54. The molecule has 0 aromatic heterocycles. The van der Waals surface area contributed by atoms with E-state index in [-0.39, 0.29) is 11.6 Å². The van der Waals surface area contributed by atoms with Gasteiger partial charge in [0.05, 0.1) is 5.60 Å². The Kier molecular flexibility index (Phi) is 4.81. The average Bonchev–Trinajstić information content (AvgIpc) is 2.26. The second-order valence-electron chi connectivity index (χ2n) is 4.93. The van der Waals surface area contributed by atoms with E-state index in [1.807, 2.05) is 7.11 Å². The smallest absolute Gasteiger partial charge is 0.0828 e. The number of methoxy groups -OCH3 is 1. The number of hydrogen-bond donors (Lipinski definition) is 1. The Morgan fingerprint density at radius 1 is 1.40 bits per heavy atom. The zero-order chi connectivity index (χ0) is 11.3. The van der Waals surface area contributed by atoms with Crippen molar-refractivity contribution in [3.8, 4) is 0 Å². The lowest BCUT2D eigenvalue weighted by atomic mass is 9.78. The summed E-state index contributed by atoms with van der Waals surface area (Å²) in [4.78, 5) is 0. The van der Waals surface area contributed by atoms with E-state index in [1.165, 1.54) is 24.8 Å². The fraction of sp³-hybridized carbons (Fsp3) is 0.846. The molecule has 1 rings (SSSR count). The van der Waals surface area contributed by atoms with Crippen LogP contribution in [0.15, 0.2) is 12.2 Å². The number of nitrogens with two attached hydrogens (primary N) is 1. The van der Waals surface area contributed by atoms with Crippen LogP contribution in [0.25, 0.3) is 0 Å². The monoisotopic (exact) mass is 211 g/mol. The molecule has 2 N–H and O–H groups in total. The van der Waals surface area contributed by atoms with Gasteiger partial charge in [-0.2, -0.15) is 0 Å². The highest BCUT2D eigenvalue weighted by molar-refractivity contribution is 4.97. The van der Waals surface area contributed by atoms with Crippen molar-refractivity contribution in [2.75, 3.05) is 7.11 Å². The number of ether oxygens (including phenoxy) is 1. The Morgan fingerprint density at radius 2 is 2.00 bits per heavy atom. The Labute approximate surface area is 93.9 Å². The minimum Gasteiger partial charge on any atom is -0.377 e. The Bertz CT molecular complexity index is 207. The molecule has 0 amide bonds. The van der Waals surface area contributed by atoms with Gasteiger partial charge in [0.2, 0.25) is 0 Å². The highest BCUT2D eigenvalue weighted by Crippen LogP contribution is 2.34. The van der Waals surface area contributed by atoms with Crippen LogP contribution in [-0.2, 0) is 4.74 Å². The summed E-state index contributed by atoms with van der Waals surface area (Å²) in [5.74, 6) is 0. The molecular weight excluding hydrogens is 186 g/mol. The molecule has 1 saturated carbocycles. The summed E-state index contributed by atoms with van der Waals surface area (Å²) in [6.07, 6.45) is 8.12. The molecule has 88 valence electrons. The van der Waals surface area contributed by atoms with E-state index in [0.29, 0.717) is 0 Å². The van der Waals surface area contributed by atoms with Crippen LogP contribution in [0.2, 0.25) is 0 Å². The maximum absolute atomic E-state index is 6.28. The third kappa shape index (κ3) is 3.32. The van der Waals surface area contributed by atoms with Crippen LogP contribution in [0.4, 0.5) is 0 Å². The third-order valence-corrected chi connectivity index (χ3v) is 3.66. The van der Waals surface area contributed by atoms with Gasteiger partial charge >= 0.3 is 0 Å². The van der Waals surface area contributed by atoms with Crippen molar-refractivity contribution in [3.63, 3.8) is 0 Å². The molecule has 1 fully saturated rings. The quantitative estimate of drug-likeness (QED) is 0.709. The second kappa shape index (κ2) is 5.66. The Balaban J connectivity index is 2.51. The molecular formula is C13H25NO. The molecule has 1 unspecified atom stereocenters. The van der Waals surface area contributed by atoms with Crippen LogP contribution in [0.5, 0.6) is 0 Å². The van der Waals surface area contributed by atoms with E-state index < -0.39 is 0 Å². The topological polar surface area (TPSA) is 35.2 Å². The number of rotatable bonds is 5. The van der Waals surface area contributed by atoms with E-state index in [9.17, 15) is 0 Å². The first-order valence-corrected chi connectivity index (χ1v) is 6.06. The first kappa shape index (κ1) is 12.7. The van der Waals surface area contributed by atoms with Crippen molar-refractivity contribution in [1.82, 2.24) is 0 Å². The summed E-state index contributed by atoms with van der Waals surface area (Å²) in [6.45, 7) is 5.99. The van der Waals surface area contributed by atoms with Gasteiger partial charge in [0, 0.05) is 13.2 Å². The molecule has 2 heteroatoms. The van der Waals surface area contributed by atoms with Gasteiger partial charge < -0.3 is 10.5 Å². The van der Waals surface area contributed by atoms with Crippen LogP contribution in [0.1, 0.15) is 51.9 Å². The van der Waals surface area contributed by atoms with Crippen molar-refractivity contribution in [1.29, 1.82) is 0 Å². The van der Waals surface area contributed by atoms with Crippen LogP contribution >= 0.6 is 0 Å². The number of hydrogen-bond acceptors (Lipinski definition) is 2. The van der Waals surface area contributed by atoms with Crippen molar-refractivity contribution >= 4 is 0 Å². The standard InChI is InChI=1S/C13H25NO/c1-11(2)7-8-12(14)13(15-3)9-5-4-6-10-13/h12H,1,4-10,14H2,2-3H3. The summed E-state index contributed by atoms with van der Waals surface area (Å²) < 4.78 is 5.72. The molecule has 0 saturated heterocycles. The highest BCUT2D eigenvalue weighted by atomic mass is 16.5. The molecule has 1 aliphatic rings. The van der Waals surface area contributed by atoms with Crippen molar-refractivity contribution in [3.05, 3.63) is 12.2 Å². The molecule has 0 aromatic rings. The van der Waals surface area contributed by atoms with E-state index in [4.69, 9.17) is 10.5 Å². The van der Waals surface area contributed by atoms with Crippen LogP contribution in [0, 0.1) is 0 Å². The van der Waals surface area contributed by atoms with Gasteiger partial charge in [-0.1, -0.05) is 24.8 Å². The lowest BCUT2D eigenvalue weighted by molar-refractivity contribution is -0.0599. The zero-order valence-electron chi connectivity index (χ0n) is 10.2. The SMILES string of the molecule is C=C(C)CCC(N)C1(OC)CCCCC1. The summed E-state index contributed by atoms with van der Waals surface area (Å²) in [5.41, 5.74) is 7.44. The normalized spacial score (nSPS) is 22.3. The van der Waals surface area contributed by atoms with Crippen molar-refractivity contribution < 1.29 is 4.74 Å². The summed E-state index contributed by atoms with van der Waals surface area (Å²) in [5, 5.41) is 0. The first-order chi connectivity index (χ1) is 7.10. The minimum atomic E-state index is -0.0479. The van der Waals surface area contributed by atoms with E-state index >= 15 is 0 Å². The largest absolute Gasteiger partial charge is 0.377 e. The van der Waals surface area contributed by atoms with Crippen LogP contribution in [-0.4, -0.2) is 18.8 Å². The molecule has 2 nitrogen and oxygen atoms in total. The predicted molar refractivity (Wildman–Crippen MR) is 64.8 cm³/mol.